The van der Waals surface area contributed by atoms with Crippen molar-refractivity contribution in [2.75, 3.05) is 16.8 Å². The average molecular weight is 440 g/mol. The van der Waals surface area contributed by atoms with Crippen LogP contribution in [-0.2, 0) is 9.59 Å². The molecule has 1 aliphatic rings. The van der Waals surface area contributed by atoms with E-state index in [1.54, 1.807) is 30.3 Å². The van der Waals surface area contributed by atoms with Crippen LogP contribution in [0.15, 0.2) is 71.7 Å². The summed E-state index contributed by atoms with van der Waals surface area (Å²) in [4.78, 5) is 43.8. The number of anilines is 2. The minimum atomic E-state index is -0.330. The molecule has 3 aromatic carbocycles. The van der Waals surface area contributed by atoms with Crippen molar-refractivity contribution in [2.24, 2.45) is 4.99 Å². The van der Waals surface area contributed by atoms with Gasteiger partial charge in [-0.2, -0.15) is 0 Å². The Labute approximate surface area is 193 Å². The minimum absolute atomic E-state index is 0.0424. The Kier molecular flexibility index (Phi) is 6.18. The highest BCUT2D eigenvalue weighted by atomic mass is 16.2. The second kappa shape index (κ2) is 9.20. The van der Waals surface area contributed by atoms with Gasteiger partial charge in [-0.25, -0.2) is 0 Å². The molecular formula is C27H25N3O3. The van der Waals surface area contributed by atoms with Crippen molar-refractivity contribution in [2.45, 2.75) is 27.2 Å². The lowest BCUT2D eigenvalue weighted by Gasteiger charge is -2.22. The first-order chi connectivity index (χ1) is 15.8. The van der Waals surface area contributed by atoms with Gasteiger partial charge in [0, 0.05) is 11.3 Å². The van der Waals surface area contributed by atoms with E-state index >= 15 is 0 Å². The molecule has 0 unspecified atom stereocenters. The van der Waals surface area contributed by atoms with Crippen molar-refractivity contribution in [1.29, 1.82) is 0 Å². The van der Waals surface area contributed by atoms with Crippen LogP contribution in [0.3, 0.4) is 0 Å². The zero-order valence-electron chi connectivity index (χ0n) is 18.9. The monoisotopic (exact) mass is 439 g/mol. The Morgan fingerprint density at radius 3 is 2.39 bits per heavy atom. The van der Waals surface area contributed by atoms with Gasteiger partial charge in [0.25, 0.3) is 0 Å². The number of rotatable bonds is 5. The maximum Gasteiger partial charge on any atom is 0.244 e. The Bertz CT molecular complexity index is 1280. The molecule has 0 atom stereocenters. The summed E-state index contributed by atoms with van der Waals surface area (Å²) in [6.07, 6.45) is 0.0950. The maximum absolute atomic E-state index is 13.2. The van der Waals surface area contributed by atoms with Gasteiger partial charge in [-0.15, -0.1) is 0 Å². The predicted molar refractivity (Wildman–Crippen MR) is 131 cm³/mol. The molecule has 2 amide bonds. The molecule has 0 aromatic heterocycles. The van der Waals surface area contributed by atoms with Gasteiger partial charge in [0.05, 0.1) is 23.5 Å². The first-order valence-electron chi connectivity index (χ1n) is 10.8. The number of benzene rings is 3. The highest BCUT2D eigenvalue weighted by molar-refractivity contribution is 6.19. The third-order valence-electron chi connectivity index (χ3n) is 5.76. The SMILES string of the molecule is CC(=O)c1ccc(NC(=O)CN2C(=O)CC(c3ccc(C)c(C)c3)=Nc3ccccc32)cc1. The van der Waals surface area contributed by atoms with E-state index in [-0.39, 0.29) is 30.6 Å². The van der Waals surface area contributed by atoms with E-state index in [0.717, 1.165) is 11.1 Å². The summed E-state index contributed by atoms with van der Waals surface area (Å²) >= 11 is 0. The van der Waals surface area contributed by atoms with E-state index in [0.29, 0.717) is 28.3 Å². The number of nitrogens with zero attached hydrogens (tertiary/aromatic N) is 2. The minimum Gasteiger partial charge on any atom is -0.325 e. The fourth-order valence-corrected chi connectivity index (χ4v) is 3.74. The molecule has 0 radical (unpaired) electrons. The van der Waals surface area contributed by atoms with Crippen molar-refractivity contribution in [1.82, 2.24) is 0 Å². The lowest BCUT2D eigenvalue weighted by molar-refractivity contribution is -0.120. The number of ketones is 1. The van der Waals surface area contributed by atoms with E-state index in [9.17, 15) is 14.4 Å². The lowest BCUT2D eigenvalue weighted by atomic mass is 10.0. The summed E-state index contributed by atoms with van der Waals surface area (Å²) in [6, 6.07) is 20.1. The van der Waals surface area contributed by atoms with Crippen LogP contribution in [0.1, 0.15) is 40.4 Å². The van der Waals surface area contributed by atoms with Gasteiger partial charge in [0.2, 0.25) is 11.8 Å². The summed E-state index contributed by atoms with van der Waals surface area (Å²) < 4.78 is 0. The number of hydrogen-bond donors (Lipinski definition) is 1. The summed E-state index contributed by atoms with van der Waals surface area (Å²) in [5.41, 5.74) is 6.27. The molecular weight excluding hydrogens is 414 g/mol. The number of para-hydroxylation sites is 2. The summed E-state index contributed by atoms with van der Waals surface area (Å²) in [5, 5.41) is 2.80. The molecule has 1 N–H and O–H groups in total. The second-order valence-electron chi connectivity index (χ2n) is 8.18. The van der Waals surface area contributed by atoms with Gasteiger partial charge in [0.15, 0.2) is 5.78 Å². The second-order valence-corrected chi connectivity index (χ2v) is 8.18. The number of fused-ring (bicyclic) bond motifs is 1. The molecule has 6 heteroatoms. The first-order valence-corrected chi connectivity index (χ1v) is 10.8. The summed E-state index contributed by atoms with van der Waals surface area (Å²) in [5.74, 6) is -0.568. The number of nitrogens with one attached hydrogen (secondary N) is 1. The van der Waals surface area contributed by atoms with Crippen LogP contribution < -0.4 is 10.2 Å². The number of hydrogen-bond acceptors (Lipinski definition) is 4. The van der Waals surface area contributed by atoms with Crippen LogP contribution in [0.5, 0.6) is 0 Å². The number of carbonyl (C=O) groups is 3. The smallest absolute Gasteiger partial charge is 0.244 e. The van der Waals surface area contributed by atoms with E-state index in [1.807, 2.05) is 50.2 Å². The van der Waals surface area contributed by atoms with Gasteiger partial charge < -0.3 is 10.2 Å². The Morgan fingerprint density at radius 1 is 0.970 bits per heavy atom. The van der Waals surface area contributed by atoms with Crippen molar-refractivity contribution >= 4 is 40.4 Å². The quantitative estimate of drug-likeness (QED) is 0.568. The summed E-state index contributed by atoms with van der Waals surface area (Å²) in [7, 11) is 0. The lowest BCUT2D eigenvalue weighted by Crippen LogP contribution is -2.38. The number of carbonyl (C=O) groups excluding carboxylic acids is 3. The zero-order valence-corrected chi connectivity index (χ0v) is 18.9. The van der Waals surface area contributed by atoms with Crippen LogP contribution in [0.2, 0.25) is 0 Å². The standard InChI is InChI=1S/C27H25N3O3/c1-17-8-9-21(14-18(17)2)24-15-27(33)30(25-7-5-4-6-23(25)29-24)16-26(32)28-22-12-10-20(11-13-22)19(3)31/h4-14H,15-16H2,1-3H3,(H,28,32). The van der Waals surface area contributed by atoms with E-state index in [1.165, 1.54) is 17.4 Å². The van der Waals surface area contributed by atoms with Crippen LogP contribution in [-0.4, -0.2) is 29.9 Å². The molecule has 1 heterocycles. The molecule has 0 aliphatic carbocycles. The molecule has 4 rings (SSSR count). The molecule has 0 saturated carbocycles. The highest BCUT2D eigenvalue weighted by Crippen LogP contribution is 2.33. The van der Waals surface area contributed by atoms with Crippen LogP contribution >= 0.6 is 0 Å². The molecule has 33 heavy (non-hydrogen) atoms. The number of amides is 2. The van der Waals surface area contributed by atoms with Crippen molar-refractivity contribution < 1.29 is 14.4 Å². The van der Waals surface area contributed by atoms with Gasteiger partial charge in [-0.05, 0) is 79.9 Å². The summed E-state index contributed by atoms with van der Waals surface area (Å²) in [6.45, 7) is 5.43. The number of aliphatic imine (C=N–C) groups is 1. The van der Waals surface area contributed by atoms with Gasteiger partial charge in [-0.3, -0.25) is 19.4 Å². The average Bonchev–Trinajstić information content (AvgIpc) is 2.92. The van der Waals surface area contributed by atoms with Gasteiger partial charge in [-0.1, -0.05) is 24.3 Å². The Hall–Kier alpha value is -4.06. The highest BCUT2D eigenvalue weighted by Gasteiger charge is 2.26. The molecule has 0 fully saturated rings. The third-order valence-corrected chi connectivity index (χ3v) is 5.76. The fourth-order valence-electron chi connectivity index (χ4n) is 3.74. The van der Waals surface area contributed by atoms with E-state index in [4.69, 9.17) is 4.99 Å². The zero-order chi connectivity index (χ0) is 23.5. The molecule has 3 aromatic rings. The van der Waals surface area contributed by atoms with Crippen LogP contribution in [0, 0.1) is 13.8 Å². The largest absolute Gasteiger partial charge is 0.325 e. The van der Waals surface area contributed by atoms with Crippen molar-refractivity contribution in [3.63, 3.8) is 0 Å². The molecule has 166 valence electrons. The van der Waals surface area contributed by atoms with E-state index < -0.39 is 0 Å². The van der Waals surface area contributed by atoms with Crippen molar-refractivity contribution in [3.05, 3.63) is 89.0 Å². The normalized spacial score (nSPS) is 13.1. The molecule has 1 aliphatic heterocycles. The first kappa shape index (κ1) is 22.1. The molecule has 6 nitrogen and oxygen atoms in total. The predicted octanol–water partition coefficient (Wildman–Crippen LogP) is 5.00. The molecule has 0 bridgehead atoms. The maximum atomic E-state index is 13.2. The topological polar surface area (TPSA) is 78.8 Å². The third kappa shape index (κ3) is 4.90. The number of Topliss-reactive ketones (excluding diaryl/α,β-unsaturated/α-hetero) is 1. The van der Waals surface area contributed by atoms with Crippen molar-refractivity contribution in [3.8, 4) is 0 Å². The Morgan fingerprint density at radius 2 is 1.70 bits per heavy atom. The fraction of sp³-hybridized carbons (Fsp3) is 0.185. The van der Waals surface area contributed by atoms with E-state index in [2.05, 4.69) is 5.32 Å². The number of aryl methyl sites for hydroxylation is 2. The van der Waals surface area contributed by atoms with Crippen LogP contribution in [0.25, 0.3) is 0 Å². The van der Waals surface area contributed by atoms with Gasteiger partial charge in [0.1, 0.15) is 6.54 Å². The molecule has 0 spiro atoms. The molecule has 0 saturated heterocycles. The van der Waals surface area contributed by atoms with Crippen LogP contribution in [0.4, 0.5) is 17.1 Å². The Balaban J connectivity index is 1.58. The van der Waals surface area contributed by atoms with Gasteiger partial charge >= 0.3 is 0 Å².